The molecular weight excluding hydrogens is 601 g/mol. The lowest BCUT2D eigenvalue weighted by Gasteiger charge is -2.36. The summed E-state index contributed by atoms with van der Waals surface area (Å²) in [5.74, 6) is -2.13. The highest BCUT2D eigenvalue weighted by Gasteiger charge is 2.51. The minimum absolute atomic E-state index is 0.0183. The smallest absolute Gasteiger partial charge is 0.427 e. The van der Waals surface area contributed by atoms with Crippen LogP contribution in [0.3, 0.4) is 0 Å². The summed E-state index contributed by atoms with van der Waals surface area (Å²) in [6, 6.07) is 3.77. The van der Waals surface area contributed by atoms with E-state index in [9.17, 15) is 41.4 Å². The number of alkyl halides is 3. The lowest BCUT2D eigenvalue weighted by Crippen LogP contribution is -2.45. The summed E-state index contributed by atoms with van der Waals surface area (Å²) in [7, 11) is -4.50. The van der Waals surface area contributed by atoms with Gasteiger partial charge in [-0.15, -0.1) is 5.10 Å². The molecule has 1 aliphatic rings. The molecule has 0 saturated heterocycles. The predicted molar refractivity (Wildman–Crippen MR) is 147 cm³/mol. The van der Waals surface area contributed by atoms with E-state index in [-0.39, 0.29) is 54.0 Å². The van der Waals surface area contributed by atoms with E-state index >= 15 is 0 Å². The average Bonchev–Trinajstić information content (AvgIpc) is 3.34. The Kier molecular flexibility index (Phi) is 10.4. The van der Waals surface area contributed by atoms with E-state index in [0.29, 0.717) is 26.7 Å². The van der Waals surface area contributed by atoms with Gasteiger partial charge in [-0.05, 0) is 51.8 Å². The van der Waals surface area contributed by atoms with Crippen molar-refractivity contribution in [1.29, 1.82) is 0 Å². The Morgan fingerprint density at radius 2 is 1.95 bits per heavy atom. The van der Waals surface area contributed by atoms with E-state index in [2.05, 4.69) is 15.2 Å². The number of aliphatic hydroxyl groups excluding tert-OH is 1. The van der Waals surface area contributed by atoms with Crippen molar-refractivity contribution in [3.8, 4) is 11.6 Å². The number of hydrogen-bond acceptors (Lipinski definition) is 9. The molecule has 2 atom stereocenters. The van der Waals surface area contributed by atoms with Crippen molar-refractivity contribution in [3.63, 3.8) is 0 Å². The second kappa shape index (κ2) is 13.3. The van der Waals surface area contributed by atoms with Crippen molar-refractivity contribution in [2.45, 2.75) is 76.3 Å². The minimum atomic E-state index is -4.85. The minimum Gasteiger partial charge on any atom is -0.486 e. The van der Waals surface area contributed by atoms with Crippen LogP contribution in [0.15, 0.2) is 29.3 Å². The fourth-order valence-electron chi connectivity index (χ4n) is 4.27. The number of carboxylic acids is 1. The first kappa shape index (κ1) is 33.8. The fraction of sp³-hybridized carbons (Fsp3) is 0.577. The SMILES string of the molecule is CCCC(CC1CN(S(=O)(=O)c2cn(CC)nc2OCCO)c2cc(NC(=O)OC(C)(C)C(F)(F)F)ccc2O1)C(=O)O. The molecule has 3 rings (SSSR count). The van der Waals surface area contributed by atoms with Gasteiger partial charge in [-0.25, -0.2) is 13.2 Å². The Labute approximate surface area is 246 Å². The lowest BCUT2D eigenvalue weighted by molar-refractivity contribution is -0.242. The molecule has 1 aromatic carbocycles. The molecule has 3 N–H and O–H groups in total. The predicted octanol–water partition coefficient (Wildman–Crippen LogP) is 4.01. The number of halogens is 3. The molecule has 240 valence electrons. The molecule has 1 aliphatic heterocycles. The molecule has 2 unspecified atom stereocenters. The maximum Gasteiger partial charge on any atom is 0.427 e. The van der Waals surface area contributed by atoms with Crippen LogP contribution < -0.4 is 19.1 Å². The summed E-state index contributed by atoms with van der Waals surface area (Å²) in [4.78, 5) is 23.8. The molecule has 0 aliphatic carbocycles. The number of hydrogen-bond donors (Lipinski definition) is 3. The molecule has 0 bridgehead atoms. The Balaban J connectivity index is 2.05. The number of ether oxygens (including phenoxy) is 3. The van der Waals surface area contributed by atoms with Crippen molar-refractivity contribution in [1.82, 2.24) is 9.78 Å². The third-order valence-corrected chi connectivity index (χ3v) is 8.38. The number of aromatic nitrogens is 2. The first-order valence-electron chi connectivity index (χ1n) is 13.5. The molecule has 0 fully saturated rings. The Morgan fingerprint density at radius 3 is 2.53 bits per heavy atom. The fourth-order valence-corrected chi connectivity index (χ4v) is 5.84. The van der Waals surface area contributed by atoms with E-state index in [1.54, 1.807) is 6.92 Å². The second-order valence-corrected chi connectivity index (χ2v) is 12.1. The van der Waals surface area contributed by atoms with Crippen molar-refractivity contribution in [3.05, 3.63) is 24.4 Å². The molecule has 0 saturated carbocycles. The van der Waals surface area contributed by atoms with Crippen LogP contribution in [0.5, 0.6) is 11.6 Å². The number of carboxylic acid groups (broad SMARTS) is 1. The zero-order valence-corrected chi connectivity index (χ0v) is 24.9. The number of nitrogens with one attached hydrogen (secondary N) is 1. The molecule has 2 aromatic rings. The number of aliphatic carboxylic acids is 1. The van der Waals surface area contributed by atoms with Gasteiger partial charge in [0.25, 0.3) is 15.9 Å². The molecule has 1 amide bonds. The van der Waals surface area contributed by atoms with Crippen LogP contribution in [0.4, 0.5) is 29.3 Å². The summed E-state index contributed by atoms with van der Waals surface area (Å²) in [6.07, 6.45) is -5.06. The second-order valence-electron chi connectivity index (χ2n) is 10.3. The third kappa shape index (κ3) is 7.81. The Morgan fingerprint density at radius 1 is 1.26 bits per heavy atom. The highest BCUT2D eigenvalue weighted by Crippen LogP contribution is 2.42. The van der Waals surface area contributed by atoms with Crippen molar-refractivity contribution in [2.75, 3.05) is 29.4 Å². The van der Waals surface area contributed by atoms with Crippen LogP contribution >= 0.6 is 0 Å². The van der Waals surface area contributed by atoms with Gasteiger partial charge in [-0.2, -0.15) is 13.2 Å². The number of carbonyl (C=O) groups excluding carboxylic acids is 1. The van der Waals surface area contributed by atoms with Crippen LogP contribution in [0, 0.1) is 5.92 Å². The van der Waals surface area contributed by atoms with Crippen LogP contribution in [0.25, 0.3) is 0 Å². The standard InChI is InChI=1S/C26H35F3N4O9S/c1-5-7-16(23(35)36)12-18-14-33(43(38,39)21-15-32(6-2)31-22(21)40-11-10-34)19-13-17(8-9-20(19)41-18)30-24(37)42-25(3,4)26(27,28)29/h8-9,13,15-16,18,34H,5-7,10-12,14H2,1-4H3,(H,30,37)(H,35,36). The Bertz CT molecular complexity index is 1410. The van der Waals surface area contributed by atoms with E-state index < -0.39 is 52.5 Å². The molecule has 0 radical (unpaired) electrons. The van der Waals surface area contributed by atoms with Crippen LogP contribution in [0.1, 0.15) is 47.0 Å². The maximum atomic E-state index is 14.1. The molecular formula is C26H35F3N4O9S. The van der Waals surface area contributed by atoms with Gasteiger partial charge < -0.3 is 24.4 Å². The van der Waals surface area contributed by atoms with Crippen molar-refractivity contribution in [2.24, 2.45) is 5.92 Å². The normalized spacial score (nSPS) is 16.2. The summed E-state index contributed by atoms with van der Waals surface area (Å²) >= 11 is 0. The highest BCUT2D eigenvalue weighted by atomic mass is 32.2. The number of fused-ring (bicyclic) bond motifs is 1. The molecule has 1 aromatic heterocycles. The average molecular weight is 637 g/mol. The zero-order chi connectivity index (χ0) is 32.2. The number of nitrogens with zero attached hydrogens (tertiary/aromatic N) is 3. The zero-order valence-electron chi connectivity index (χ0n) is 24.0. The summed E-state index contributed by atoms with van der Waals surface area (Å²) in [5.41, 5.74) is -2.98. The monoisotopic (exact) mass is 636 g/mol. The van der Waals surface area contributed by atoms with Gasteiger partial charge in [0.1, 0.15) is 18.5 Å². The van der Waals surface area contributed by atoms with Crippen LogP contribution in [-0.4, -0.2) is 78.1 Å². The lowest BCUT2D eigenvalue weighted by atomic mass is 9.96. The molecule has 43 heavy (non-hydrogen) atoms. The number of sulfonamides is 1. The van der Waals surface area contributed by atoms with Gasteiger partial charge in [0.05, 0.1) is 24.8 Å². The number of benzene rings is 1. The largest absolute Gasteiger partial charge is 0.486 e. The highest BCUT2D eigenvalue weighted by molar-refractivity contribution is 7.93. The molecule has 0 spiro atoms. The number of aliphatic hydroxyl groups is 1. The number of carbonyl (C=O) groups is 2. The van der Waals surface area contributed by atoms with Gasteiger partial charge in [-0.3, -0.25) is 19.1 Å². The van der Waals surface area contributed by atoms with E-state index in [0.717, 1.165) is 4.31 Å². The molecule has 2 heterocycles. The number of amides is 1. The van der Waals surface area contributed by atoms with Gasteiger partial charge in [0.15, 0.2) is 4.90 Å². The van der Waals surface area contributed by atoms with Crippen molar-refractivity contribution < 1.29 is 55.6 Å². The first-order chi connectivity index (χ1) is 20.0. The quantitative estimate of drug-likeness (QED) is 0.292. The first-order valence-corrected chi connectivity index (χ1v) is 14.9. The van der Waals surface area contributed by atoms with Crippen molar-refractivity contribution >= 4 is 33.5 Å². The number of anilines is 2. The molecule has 13 nitrogen and oxygen atoms in total. The maximum absolute atomic E-state index is 14.1. The van der Waals surface area contributed by atoms with Crippen LogP contribution in [0.2, 0.25) is 0 Å². The third-order valence-electron chi connectivity index (χ3n) is 6.62. The van der Waals surface area contributed by atoms with Gasteiger partial charge in [0, 0.05) is 18.4 Å². The summed E-state index contributed by atoms with van der Waals surface area (Å²) in [5, 5.41) is 25.2. The summed E-state index contributed by atoms with van der Waals surface area (Å²) in [6.45, 7) is 4.19. The topological polar surface area (TPSA) is 170 Å². The summed E-state index contributed by atoms with van der Waals surface area (Å²) < 4.78 is 86.0. The number of aryl methyl sites for hydroxylation is 1. The van der Waals surface area contributed by atoms with E-state index in [4.69, 9.17) is 9.47 Å². The Hall–Kier alpha value is -3.73. The van der Waals surface area contributed by atoms with E-state index in [1.807, 2.05) is 6.92 Å². The van der Waals surface area contributed by atoms with E-state index in [1.165, 1.54) is 29.1 Å². The van der Waals surface area contributed by atoms with Crippen LogP contribution in [-0.2, 0) is 26.1 Å². The molecule has 17 heteroatoms. The van der Waals surface area contributed by atoms with Gasteiger partial charge >= 0.3 is 18.2 Å². The van der Waals surface area contributed by atoms with Gasteiger partial charge in [-0.1, -0.05) is 13.3 Å². The number of rotatable bonds is 13. The van der Waals surface area contributed by atoms with Gasteiger partial charge in [0.2, 0.25) is 5.60 Å².